The fourth-order valence-electron chi connectivity index (χ4n) is 16.2. The number of aliphatic hydroxyl groups is 8. The van der Waals surface area contributed by atoms with E-state index in [4.69, 9.17) is 28.4 Å². The Bertz CT molecular complexity index is 2460. The first-order chi connectivity index (χ1) is 35.9. The lowest BCUT2D eigenvalue weighted by atomic mass is 9.33. The van der Waals surface area contributed by atoms with E-state index in [9.17, 15) is 70.6 Å². The number of aliphatic hydroxyl groups excluding tert-OH is 7. The molecule has 20 heteroatoms. The first-order valence-corrected chi connectivity index (χ1v) is 27.5. The second kappa shape index (κ2) is 20.6. The number of rotatable bonds is 11. The molecule has 9 rings (SSSR count). The number of allylic oxidation sites excluding steroid dienone is 2. The van der Waals surface area contributed by atoms with Crippen LogP contribution in [0.2, 0.25) is 0 Å². The minimum Gasteiger partial charge on any atom is -0.504 e. The van der Waals surface area contributed by atoms with Crippen molar-refractivity contribution in [3.05, 3.63) is 41.5 Å². The summed E-state index contributed by atoms with van der Waals surface area (Å²) in [6, 6.07) is 3.84. The van der Waals surface area contributed by atoms with Crippen molar-refractivity contribution in [1.82, 2.24) is 0 Å². The van der Waals surface area contributed by atoms with E-state index in [-0.39, 0.29) is 53.0 Å². The fourth-order valence-corrected chi connectivity index (χ4v) is 16.2. The average molecular weight is 1090 g/mol. The van der Waals surface area contributed by atoms with E-state index in [0.29, 0.717) is 50.5 Å². The van der Waals surface area contributed by atoms with Gasteiger partial charge in [0.1, 0.15) is 48.8 Å². The highest BCUT2D eigenvalue weighted by Crippen LogP contribution is 2.76. The van der Waals surface area contributed by atoms with Crippen molar-refractivity contribution in [2.24, 2.45) is 50.2 Å². The maximum atomic E-state index is 14.5. The topological polar surface area (TPSA) is 329 Å². The third-order valence-corrected chi connectivity index (χ3v) is 21.1. The third-order valence-electron chi connectivity index (χ3n) is 21.1. The van der Waals surface area contributed by atoms with Gasteiger partial charge in [-0.1, -0.05) is 59.3 Å². The third kappa shape index (κ3) is 9.84. The Morgan fingerprint density at radius 1 is 0.753 bits per heavy atom. The van der Waals surface area contributed by atoms with Crippen LogP contribution in [0.15, 0.2) is 35.9 Å². The van der Waals surface area contributed by atoms with Crippen LogP contribution in [0, 0.1) is 50.2 Å². The van der Waals surface area contributed by atoms with E-state index in [1.165, 1.54) is 36.8 Å². The van der Waals surface area contributed by atoms with Gasteiger partial charge in [0.15, 0.2) is 29.7 Å². The van der Waals surface area contributed by atoms with Gasteiger partial charge in [-0.15, -0.1) is 0 Å². The average Bonchev–Trinajstić information content (AvgIpc) is 3.53. The molecule has 77 heavy (non-hydrogen) atoms. The zero-order valence-corrected chi connectivity index (χ0v) is 45.2. The Morgan fingerprint density at radius 3 is 2.17 bits per heavy atom. The molecule has 2 heterocycles. The summed E-state index contributed by atoms with van der Waals surface area (Å²) in [5.74, 6) is -4.00. The molecule has 0 bridgehead atoms. The lowest BCUT2D eigenvalue weighted by Gasteiger charge is -2.71. The first-order valence-electron chi connectivity index (χ1n) is 27.5. The van der Waals surface area contributed by atoms with Gasteiger partial charge >= 0.3 is 17.9 Å². The van der Waals surface area contributed by atoms with Gasteiger partial charge in [0.2, 0.25) is 0 Å². The molecule has 22 atom stereocenters. The van der Waals surface area contributed by atoms with Gasteiger partial charge in [-0.2, -0.15) is 0 Å². The highest BCUT2D eigenvalue weighted by Gasteiger charge is 2.70. The van der Waals surface area contributed by atoms with Crippen LogP contribution in [0.3, 0.4) is 0 Å². The SMILES string of the molecule is C[C@@H]1O[C@@H](O[C@H]2[C@H](O[C@H]3CC[C@@]4(C)C(CC[C@]5(C)C4CC=C4C6CC(C)(C)CC[C@]6(C(=O)O)CC[C@]45C)[C@]3(C)COC(=O)[C@]3(O)C[C@@H](O)[C@@H](O)[C@H](OC(=O)/C=C/c4ccc(O)c(O)c4)C3)OC[C@H](O)[C@@H]2O)[C@H](O)[C@H](O)[C@H]1O. The summed E-state index contributed by atoms with van der Waals surface area (Å²) in [6.07, 6.45) is -9.56. The monoisotopic (exact) mass is 1090 g/mol. The van der Waals surface area contributed by atoms with Crippen molar-refractivity contribution in [2.45, 2.75) is 211 Å². The number of esters is 2. The predicted octanol–water partition coefficient (Wildman–Crippen LogP) is 3.36. The lowest BCUT2D eigenvalue weighted by molar-refractivity contribution is -0.365. The number of fused-ring (bicyclic) bond motifs is 7. The summed E-state index contributed by atoms with van der Waals surface area (Å²) in [5, 5.41) is 119. The molecule has 7 fully saturated rings. The molecular formula is C57H82O20. The zero-order chi connectivity index (χ0) is 56.2. The summed E-state index contributed by atoms with van der Waals surface area (Å²) < 4.78 is 36.5. The molecule has 0 radical (unpaired) electrons. The zero-order valence-electron chi connectivity index (χ0n) is 45.2. The number of carbonyl (C=O) groups excluding carboxylic acids is 2. The molecule has 430 valence electrons. The molecular weight excluding hydrogens is 1000 g/mol. The summed E-state index contributed by atoms with van der Waals surface area (Å²) >= 11 is 0. The molecule has 5 saturated carbocycles. The number of hydrogen-bond donors (Lipinski definition) is 11. The van der Waals surface area contributed by atoms with E-state index < -0.39 is 138 Å². The number of ether oxygens (including phenoxy) is 6. The molecule has 3 unspecified atom stereocenters. The van der Waals surface area contributed by atoms with E-state index >= 15 is 0 Å². The van der Waals surface area contributed by atoms with Gasteiger partial charge in [-0.05, 0) is 134 Å². The Labute approximate surface area is 449 Å². The van der Waals surface area contributed by atoms with E-state index in [2.05, 4.69) is 40.7 Å². The molecule has 8 aliphatic rings. The quantitative estimate of drug-likeness (QED) is 0.0498. The summed E-state index contributed by atoms with van der Waals surface area (Å²) in [4.78, 5) is 40.9. The van der Waals surface area contributed by atoms with E-state index in [1.807, 2.05) is 6.92 Å². The molecule has 0 amide bonds. The van der Waals surface area contributed by atoms with Crippen LogP contribution in [0.25, 0.3) is 6.08 Å². The first kappa shape index (κ1) is 57.9. The molecule has 0 spiro atoms. The maximum Gasteiger partial charge on any atom is 0.338 e. The number of benzene rings is 1. The second-order valence-corrected chi connectivity index (χ2v) is 26.0. The van der Waals surface area contributed by atoms with Crippen LogP contribution in [0.4, 0.5) is 0 Å². The number of hydrogen-bond acceptors (Lipinski definition) is 19. The molecule has 1 aromatic carbocycles. The number of carbonyl (C=O) groups is 3. The van der Waals surface area contributed by atoms with Crippen molar-refractivity contribution >= 4 is 24.0 Å². The van der Waals surface area contributed by atoms with Crippen LogP contribution in [0.5, 0.6) is 11.5 Å². The largest absolute Gasteiger partial charge is 0.504 e. The van der Waals surface area contributed by atoms with Crippen molar-refractivity contribution < 1.29 is 99.0 Å². The molecule has 2 saturated heterocycles. The minimum atomic E-state index is -2.47. The summed E-state index contributed by atoms with van der Waals surface area (Å²) in [6.45, 7) is 14.1. The fraction of sp³-hybridized carbons (Fsp3) is 0.772. The minimum absolute atomic E-state index is 0.0273. The summed E-state index contributed by atoms with van der Waals surface area (Å²) in [7, 11) is 0. The highest BCUT2D eigenvalue weighted by atomic mass is 16.8. The predicted molar refractivity (Wildman–Crippen MR) is 271 cm³/mol. The van der Waals surface area contributed by atoms with Gasteiger partial charge in [-0.25, -0.2) is 9.59 Å². The normalized spacial score (nSPS) is 47.5. The Kier molecular flexibility index (Phi) is 15.5. The smallest absolute Gasteiger partial charge is 0.338 e. The lowest BCUT2D eigenvalue weighted by Crippen LogP contribution is -2.67. The Hall–Kier alpha value is -3.77. The number of phenolic OH excluding ortho intramolecular Hbond substituents is 2. The highest BCUT2D eigenvalue weighted by molar-refractivity contribution is 5.87. The van der Waals surface area contributed by atoms with E-state index in [1.54, 1.807) is 0 Å². The Balaban J connectivity index is 1.02. The van der Waals surface area contributed by atoms with E-state index in [0.717, 1.165) is 25.3 Å². The number of phenols is 2. The standard InChI is InChI=1S/C57H82O20/c1-28-41(63)44(66)45(67)47(74-28)77-46-43(65)35(61)26-72-48(46)76-39-15-16-52(4)37(14-17-55(7)38(52)12-10-30-31-23-51(2,3)18-20-56(31,49(68)69)21-19-54(30,55)6)53(39,5)27-73-50(70)57(71)24-34(60)42(64)36(25-57)75-40(62)13-9-29-8-11-32(58)33(59)22-29/h8-11,13,22,28,31,34-39,41-48,58-61,63-67,71H,12,14-21,23-27H2,1-7H3,(H,68,69)/b13-9+/t28-,31?,34+,35-,36+,37?,38?,39-,41-,42+,43-,44+,45+,46+,47-,48-,52-,53-,54+,55+,56-,57-/m0/s1. The molecule has 20 nitrogen and oxygen atoms in total. The van der Waals surface area contributed by atoms with Crippen molar-refractivity contribution in [3.8, 4) is 11.5 Å². The number of carboxylic acid groups (broad SMARTS) is 1. The molecule has 11 N–H and O–H groups in total. The molecule has 1 aromatic rings. The van der Waals surface area contributed by atoms with Gasteiger partial charge < -0.3 is 84.6 Å². The van der Waals surface area contributed by atoms with Crippen molar-refractivity contribution in [3.63, 3.8) is 0 Å². The Morgan fingerprint density at radius 2 is 1.47 bits per heavy atom. The van der Waals surface area contributed by atoms with Crippen LogP contribution < -0.4 is 0 Å². The van der Waals surface area contributed by atoms with Gasteiger partial charge in [-0.3, -0.25) is 4.79 Å². The number of aliphatic carboxylic acids is 1. The molecule has 6 aliphatic carbocycles. The maximum absolute atomic E-state index is 14.5. The number of aromatic hydroxyl groups is 2. The van der Waals surface area contributed by atoms with Crippen molar-refractivity contribution in [1.29, 1.82) is 0 Å². The van der Waals surface area contributed by atoms with Crippen LogP contribution in [-0.4, -0.2) is 173 Å². The molecule has 2 aliphatic heterocycles. The van der Waals surface area contributed by atoms with Gasteiger partial charge in [0, 0.05) is 24.3 Å². The summed E-state index contributed by atoms with van der Waals surface area (Å²) in [5.41, 5.74) is -3.96. The van der Waals surface area contributed by atoms with Gasteiger partial charge in [0.25, 0.3) is 0 Å². The van der Waals surface area contributed by atoms with Gasteiger partial charge in [0.05, 0.1) is 36.9 Å². The van der Waals surface area contributed by atoms with Crippen LogP contribution in [-0.2, 0) is 42.8 Å². The number of carboxylic acids is 1. The van der Waals surface area contributed by atoms with Crippen LogP contribution >= 0.6 is 0 Å². The van der Waals surface area contributed by atoms with Crippen LogP contribution in [0.1, 0.15) is 131 Å². The second-order valence-electron chi connectivity index (χ2n) is 26.0. The molecule has 0 aromatic heterocycles. The van der Waals surface area contributed by atoms with Crippen molar-refractivity contribution in [2.75, 3.05) is 13.2 Å².